The van der Waals surface area contributed by atoms with Gasteiger partial charge >= 0.3 is 0 Å². The summed E-state index contributed by atoms with van der Waals surface area (Å²) in [5.41, 5.74) is 8.09. The van der Waals surface area contributed by atoms with Gasteiger partial charge in [0, 0.05) is 6.04 Å². The molecule has 0 saturated heterocycles. The number of benzene rings is 2. The van der Waals surface area contributed by atoms with E-state index in [1.807, 2.05) is 50.2 Å². The summed E-state index contributed by atoms with van der Waals surface area (Å²) in [6.45, 7) is 3.99. The van der Waals surface area contributed by atoms with Crippen molar-refractivity contribution >= 4 is 27.5 Å². The first-order valence-corrected chi connectivity index (χ1v) is 7.61. The standard InChI is InChI=1S/C16H17BrClNO/c1-10-3-5-14(18)16(7-10)20-15-6-4-12(8-11(2)19)9-13(15)17/h3-7,9,11H,8,19H2,1-2H3. The minimum atomic E-state index is 0.139. The van der Waals surface area contributed by atoms with Crippen LogP contribution in [-0.4, -0.2) is 6.04 Å². The highest BCUT2D eigenvalue weighted by molar-refractivity contribution is 9.10. The summed E-state index contributed by atoms with van der Waals surface area (Å²) >= 11 is 9.67. The normalized spacial score (nSPS) is 12.2. The first-order valence-electron chi connectivity index (χ1n) is 6.43. The fraction of sp³-hybridized carbons (Fsp3) is 0.250. The summed E-state index contributed by atoms with van der Waals surface area (Å²) in [5.74, 6) is 1.40. The van der Waals surface area contributed by atoms with Gasteiger partial charge in [0.05, 0.1) is 9.50 Å². The lowest BCUT2D eigenvalue weighted by Crippen LogP contribution is -2.17. The Bertz CT molecular complexity index is 613. The van der Waals surface area contributed by atoms with E-state index in [4.69, 9.17) is 22.1 Å². The van der Waals surface area contributed by atoms with Crippen LogP contribution < -0.4 is 10.5 Å². The number of halogens is 2. The third-order valence-corrected chi connectivity index (χ3v) is 3.79. The molecule has 2 nitrogen and oxygen atoms in total. The lowest BCUT2D eigenvalue weighted by Gasteiger charge is -2.12. The molecule has 1 unspecified atom stereocenters. The Kier molecular flexibility index (Phi) is 5.08. The van der Waals surface area contributed by atoms with Crippen molar-refractivity contribution in [1.29, 1.82) is 0 Å². The van der Waals surface area contributed by atoms with E-state index in [9.17, 15) is 0 Å². The van der Waals surface area contributed by atoms with Crippen LogP contribution in [0.4, 0.5) is 0 Å². The molecule has 0 heterocycles. The van der Waals surface area contributed by atoms with Crippen LogP contribution in [-0.2, 0) is 6.42 Å². The molecule has 2 aromatic carbocycles. The Morgan fingerprint density at radius 3 is 2.60 bits per heavy atom. The number of nitrogens with two attached hydrogens (primary N) is 1. The molecule has 106 valence electrons. The first-order chi connectivity index (χ1) is 9.45. The molecule has 0 aliphatic heterocycles. The van der Waals surface area contributed by atoms with Gasteiger partial charge < -0.3 is 10.5 Å². The Hall–Kier alpha value is -1.03. The average Bonchev–Trinajstić information content (AvgIpc) is 2.36. The van der Waals surface area contributed by atoms with Gasteiger partial charge in [-0.1, -0.05) is 23.7 Å². The fourth-order valence-electron chi connectivity index (χ4n) is 1.93. The average molecular weight is 355 g/mol. The first kappa shape index (κ1) is 15.4. The van der Waals surface area contributed by atoms with Gasteiger partial charge in [-0.05, 0) is 71.6 Å². The number of ether oxygens (including phenoxy) is 1. The van der Waals surface area contributed by atoms with E-state index in [0.717, 1.165) is 22.2 Å². The maximum Gasteiger partial charge on any atom is 0.146 e. The molecule has 1 atom stereocenters. The van der Waals surface area contributed by atoms with Crippen molar-refractivity contribution in [2.75, 3.05) is 0 Å². The van der Waals surface area contributed by atoms with Crippen molar-refractivity contribution in [3.8, 4) is 11.5 Å². The van der Waals surface area contributed by atoms with Crippen molar-refractivity contribution in [2.24, 2.45) is 5.73 Å². The largest absolute Gasteiger partial charge is 0.455 e. The minimum absolute atomic E-state index is 0.139. The topological polar surface area (TPSA) is 35.2 Å². The molecule has 2 N–H and O–H groups in total. The van der Waals surface area contributed by atoms with Gasteiger partial charge in [0.2, 0.25) is 0 Å². The molecule has 0 amide bonds. The highest BCUT2D eigenvalue weighted by atomic mass is 79.9. The molecule has 0 bridgehead atoms. The van der Waals surface area contributed by atoms with Gasteiger partial charge in [-0.2, -0.15) is 0 Å². The molecule has 0 aromatic heterocycles. The van der Waals surface area contributed by atoms with Crippen LogP contribution in [0.25, 0.3) is 0 Å². The summed E-state index contributed by atoms with van der Waals surface area (Å²) in [4.78, 5) is 0. The highest BCUT2D eigenvalue weighted by Gasteiger charge is 2.08. The van der Waals surface area contributed by atoms with Crippen LogP contribution in [0.1, 0.15) is 18.1 Å². The maximum atomic E-state index is 6.14. The third-order valence-electron chi connectivity index (χ3n) is 2.86. The van der Waals surface area contributed by atoms with Gasteiger partial charge in [-0.15, -0.1) is 0 Å². The quantitative estimate of drug-likeness (QED) is 0.829. The second-order valence-corrected chi connectivity index (χ2v) is 6.24. The fourth-order valence-corrected chi connectivity index (χ4v) is 2.60. The van der Waals surface area contributed by atoms with Gasteiger partial charge in [0.15, 0.2) is 0 Å². The summed E-state index contributed by atoms with van der Waals surface area (Å²) in [7, 11) is 0. The Morgan fingerprint density at radius 1 is 1.20 bits per heavy atom. The summed E-state index contributed by atoms with van der Waals surface area (Å²) < 4.78 is 6.77. The number of hydrogen-bond acceptors (Lipinski definition) is 2. The lowest BCUT2D eigenvalue weighted by atomic mass is 10.1. The molecule has 0 spiro atoms. The summed E-state index contributed by atoms with van der Waals surface area (Å²) in [5, 5.41) is 0.599. The highest BCUT2D eigenvalue weighted by Crippen LogP contribution is 2.34. The molecular weight excluding hydrogens is 338 g/mol. The number of rotatable bonds is 4. The summed E-state index contributed by atoms with van der Waals surface area (Å²) in [6.07, 6.45) is 0.837. The van der Waals surface area contributed by atoms with E-state index in [0.29, 0.717) is 10.8 Å². The van der Waals surface area contributed by atoms with Crippen molar-refractivity contribution < 1.29 is 4.74 Å². The van der Waals surface area contributed by atoms with E-state index in [1.54, 1.807) is 0 Å². The molecule has 0 aliphatic carbocycles. The van der Waals surface area contributed by atoms with Crippen LogP contribution in [0.5, 0.6) is 11.5 Å². The second kappa shape index (κ2) is 6.61. The second-order valence-electron chi connectivity index (χ2n) is 4.98. The summed E-state index contributed by atoms with van der Waals surface area (Å²) in [6, 6.07) is 11.8. The molecule has 0 fully saturated rings. The van der Waals surface area contributed by atoms with Crippen molar-refractivity contribution in [2.45, 2.75) is 26.3 Å². The van der Waals surface area contributed by atoms with E-state index >= 15 is 0 Å². The maximum absolute atomic E-state index is 6.14. The zero-order valence-corrected chi connectivity index (χ0v) is 13.8. The van der Waals surface area contributed by atoms with Crippen LogP contribution in [0.3, 0.4) is 0 Å². The smallest absolute Gasteiger partial charge is 0.146 e. The molecule has 4 heteroatoms. The SMILES string of the molecule is Cc1ccc(Cl)c(Oc2ccc(CC(C)N)cc2Br)c1. The van der Waals surface area contributed by atoms with Crippen molar-refractivity contribution in [3.63, 3.8) is 0 Å². The van der Waals surface area contributed by atoms with E-state index < -0.39 is 0 Å². The predicted octanol–water partition coefficient (Wildman–Crippen LogP) is 5.09. The van der Waals surface area contributed by atoms with Gasteiger partial charge in [0.25, 0.3) is 0 Å². The van der Waals surface area contributed by atoms with Gasteiger partial charge in [-0.3, -0.25) is 0 Å². The Balaban J connectivity index is 2.23. The van der Waals surface area contributed by atoms with Gasteiger partial charge in [-0.25, -0.2) is 0 Å². The van der Waals surface area contributed by atoms with E-state index in [2.05, 4.69) is 15.9 Å². The van der Waals surface area contributed by atoms with Crippen molar-refractivity contribution in [1.82, 2.24) is 0 Å². The van der Waals surface area contributed by atoms with Gasteiger partial charge in [0.1, 0.15) is 11.5 Å². The van der Waals surface area contributed by atoms with Crippen LogP contribution in [0, 0.1) is 6.92 Å². The van der Waals surface area contributed by atoms with E-state index in [1.165, 1.54) is 5.56 Å². The molecule has 0 radical (unpaired) electrons. The molecular formula is C16H17BrClNO. The van der Waals surface area contributed by atoms with E-state index in [-0.39, 0.29) is 6.04 Å². The zero-order valence-electron chi connectivity index (χ0n) is 11.5. The molecule has 0 saturated carbocycles. The lowest BCUT2D eigenvalue weighted by molar-refractivity contribution is 0.479. The Morgan fingerprint density at radius 2 is 1.95 bits per heavy atom. The molecule has 20 heavy (non-hydrogen) atoms. The van der Waals surface area contributed by atoms with Crippen LogP contribution in [0.2, 0.25) is 5.02 Å². The number of hydrogen-bond donors (Lipinski definition) is 1. The monoisotopic (exact) mass is 353 g/mol. The minimum Gasteiger partial charge on any atom is -0.455 e. The predicted molar refractivity (Wildman–Crippen MR) is 87.8 cm³/mol. The zero-order chi connectivity index (χ0) is 14.7. The Labute approximate surface area is 133 Å². The number of aryl methyl sites for hydroxylation is 1. The molecule has 2 aromatic rings. The van der Waals surface area contributed by atoms with Crippen LogP contribution in [0.15, 0.2) is 40.9 Å². The van der Waals surface area contributed by atoms with Crippen LogP contribution >= 0.6 is 27.5 Å². The van der Waals surface area contributed by atoms with Crippen molar-refractivity contribution in [3.05, 3.63) is 57.0 Å². The third kappa shape index (κ3) is 3.98. The molecule has 2 rings (SSSR count). The molecule has 0 aliphatic rings.